The number of hydrogen-bond donors (Lipinski definition) is 1. The Morgan fingerprint density at radius 3 is 2.53 bits per heavy atom. The number of fused-ring (bicyclic) bond motifs is 1. The Labute approximate surface area is 198 Å². The molecule has 1 N–H and O–H groups in total. The smallest absolute Gasteiger partial charge is 0.339 e. The van der Waals surface area contributed by atoms with Crippen molar-refractivity contribution in [3.05, 3.63) is 93.4 Å². The second kappa shape index (κ2) is 9.51. The molecule has 1 amide bonds. The maximum absolute atomic E-state index is 12.9. The third-order valence-electron chi connectivity index (χ3n) is 4.82. The molecule has 0 saturated carbocycles. The number of aromatic nitrogens is 1. The number of pyridine rings is 1. The van der Waals surface area contributed by atoms with Crippen molar-refractivity contribution in [1.82, 2.24) is 4.98 Å². The van der Waals surface area contributed by atoms with E-state index in [1.807, 2.05) is 55.5 Å². The monoisotopic (exact) mass is 508 g/mol. The molecular formula is C25H18BrClN2O3. The fourth-order valence-corrected chi connectivity index (χ4v) is 3.62. The molecule has 3 aromatic carbocycles. The Morgan fingerprint density at radius 1 is 1.03 bits per heavy atom. The number of halogens is 2. The van der Waals surface area contributed by atoms with Crippen LogP contribution in [0.25, 0.3) is 22.2 Å². The van der Waals surface area contributed by atoms with Gasteiger partial charge in [0.25, 0.3) is 5.91 Å². The highest BCUT2D eigenvalue weighted by Gasteiger charge is 2.17. The molecule has 0 unspecified atom stereocenters. The molecule has 1 aromatic heterocycles. The standard InChI is InChI=1S/C25H18BrClN2O3/c1-15-6-8-16(9-7-15)23-13-19(18-4-2-3-5-22(18)29-23)25(31)32-14-24(30)28-17-10-11-20(26)21(27)12-17/h2-13H,14H2,1H3,(H,28,30). The summed E-state index contributed by atoms with van der Waals surface area (Å²) in [6.45, 7) is 1.58. The van der Waals surface area contributed by atoms with Crippen molar-refractivity contribution in [2.45, 2.75) is 6.92 Å². The Bertz CT molecular complexity index is 1320. The van der Waals surface area contributed by atoms with Gasteiger partial charge >= 0.3 is 5.97 Å². The van der Waals surface area contributed by atoms with E-state index >= 15 is 0 Å². The van der Waals surface area contributed by atoms with E-state index in [1.165, 1.54) is 0 Å². The highest BCUT2D eigenvalue weighted by atomic mass is 79.9. The lowest BCUT2D eigenvalue weighted by Crippen LogP contribution is -2.21. The third-order valence-corrected chi connectivity index (χ3v) is 6.05. The first kappa shape index (κ1) is 22.0. The quantitative estimate of drug-likeness (QED) is 0.315. The first-order valence-electron chi connectivity index (χ1n) is 9.79. The molecule has 160 valence electrons. The molecule has 0 fully saturated rings. The highest BCUT2D eigenvalue weighted by Crippen LogP contribution is 2.27. The average molecular weight is 510 g/mol. The third kappa shape index (κ3) is 4.98. The zero-order valence-corrected chi connectivity index (χ0v) is 19.4. The lowest BCUT2D eigenvalue weighted by atomic mass is 10.0. The summed E-state index contributed by atoms with van der Waals surface area (Å²) in [7, 11) is 0. The number of carbonyl (C=O) groups is 2. The number of ether oxygens (including phenoxy) is 1. The van der Waals surface area contributed by atoms with Crippen LogP contribution < -0.4 is 5.32 Å². The van der Waals surface area contributed by atoms with Crippen molar-refractivity contribution < 1.29 is 14.3 Å². The van der Waals surface area contributed by atoms with Gasteiger partial charge in [0.1, 0.15) is 0 Å². The summed E-state index contributed by atoms with van der Waals surface area (Å²) in [6, 6.07) is 21.9. The molecule has 1 heterocycles. The lowest BCUT2D eigenvalue weighted by Gasteiger charge is -2.11. The molecule has 0 spiro atoms. The topological polar surface area (TPSA) is 68.3 Å². The molecule has 4 aromatic rings. The molecule has 0 saturated heterocycles. The maximum Gasteiger partial charge on any atom is 0.339 e. The van der Waals surface area contributed by atoms with Crippen LogP contribution in [0.2, 0.25) is 5.02 Å². The summed E-state index contributed by atoms with van der Waals surface area (Å²) in [5, 5.41) is 3.79. The molecular weight excluding hydrogens is 492 g/mol. The summed E-state index contributed by atoms with van der Waals surface area (Å²) in [5.41, 5.74) is 4.21. The Kier molecular flexibility index (Phi) is 6.53. The number of aryl methyl sites for hydroxylation is 1. The van der Waals surface area contributed by atoms with Gasteiger partial charge in [-0.3, -0.25) is 4.79 Å². The number of nitrogens with one attached hydrogen (secondary N) is 1. The molecule has 5 nitrogen and oxygen atoms in total. The summed E-state index contributed by atoms with van der Waals surface area (Å²) in [5.74, 6) is -1.06. The average Bonchev–Trinajstić information content (AvgIpc) is 2.79. The van der Waals surface area contributed by atoms with E-state index in [4.69, 9.17) is 16.3 Å². The number of amides is 1. The van der Waals surface area contributed by atoms with Gasteiger partial charge in [0.2, 0.25) is 0 Å². The summed E-state index contributed by atoms with van der Waals surface area (Å²) < 4.78 is 6.03. The number of carbonyl (C=O) groups excluding carboxylic acids is 2. The van der Waals surface area contributed by atoms with Gasteiger partial charge in [-0.25, -0.2) is 9.78 Å². The van der Waals surface area contributed by atoms with Crippen LogP contribution in [0.15, 0.2) is 77.3 Å². The van der Waals surface area contributed by atoms with Gasteiger partial charge in [-0.15, -0.1) is 0 Å². The number of hydrogen-bond acceptors (Lipinski definition) is 4. The van der Waals surface area contributed by atoms with Crippen LogP contribution in [0.5, 0.6) is 0 Å². The number of rotatable bonds is 5. The van der Waals surface area contributed by atoms with Crippen molar-refractivity contribution in [2.75, 3.05) is 11.9 Å². The van der Waals surface area contributed by atoms with Crippen molar-refractivity contribution in [2.24, 2.45) is 0 Å². The zero-order valence-electron chi connectivity index (χ0n) is 17.1. The predicted octanol–water partition coefficient (Wildman–Crippen LogP) is 6.42. The predicted molar refractivity (Wildman–Crippen MR) is 130 cm³/mol. The normalized spacial score (nSPS) is 10.7. The number of esters is 1. The minimum absolute atomic E-state index is 0.352. The summed E-state index contributed by atoms with van der Waals surface area (Å²) in [4.78, 5) is 29.8. The zero-order chi connectivity index (χ0) is 22.7. The van der Waals surface area contributed by atoms with E-state index in [1.54, 1.807) is 24.3 Å². The Hall–Kier alpha value is -3.22. The van der Waals surface area contributed by atoms with Gasteiger partial charge in [0, 0.05) is 21.1 Å². The molecule has 0 aliphatic heterocycles. The van der Waals surface area contributed by atoms with Crippen LogP contribution >= 0.6 is 27.5 Å². The number of benzene rings is 3. The van der Waals surface area contributed by atoms with Crippen LogP contribution in [0.3, 0.4) is 0 Å². The van der Waals surface area contributed by atoms with Crippen LogP contribution in [0.1, 0.15) is 15.9 Å². The van der Waals surface area contributed by atoms with Crippen molar-refractivity contribution in [1.29, 1.82) is 0 Å². The van der Waals surface area contributed by atoms with Gasteiger partial charge in [0.05, 0.1) is 21.8 Å². The molecule has 0 aliphatic carbocycles. The second-order valence-electron chi connectivity index (χ2n) is 7.19. The first-order chi connectivity index (χ1) is 15.4. The van der Waals surface area contributed by atoms with Crippen LogP contribution in [-0.4, -0.2) is 23.5 Å². The fourth-order valence-electron chi connectivity index (χ4n) is 3.20. The van der Waals surface area contributed by atoms with E-state index < -0.39 is 18.5 Å². The number of nitrogens with zero attached hydrogens (tertiary/aromatic N) is 1. The Balaban J connectivity index is 1.55. The van der Waals surface area contributed by atoms with Gasteiger partial charge in [0.15, 0.2) is 6.61 Å². The van der Waals surface area contributed by atoms with E-state index in [0.29, 0.717) is 32.9 Å². The maximum atomic E-state index is 12.9. The summed E-state index contributed by atoms with van der Waals surface area (Å²) in [6.07, 6.45) is 0. The van der Waals surface area contributed by atoms with Gasteiger partial charge in [-0.2, -0.15) is 0 Å². The number of anilines is 1. The molecule has 0 aliphatic rings. The van der Waals surface area contributed by atoms with Crippen LogP contribution in [0, 0.1) is 6.92 Å². The van der Waals surface area contributed by atoms with E-state index in [0.717, 1.165) is 15.6 Å². The molecule has 0 radical (unpaired) electrons. The van der Waals surface area contributed by atoms with Crippen LogP contribution in [0.4, 0.5) is 5.69 Å². The van der Waals surface area contributed by atoms with E-state index in [9.17, 15) is 9.59 Å². The minimum Gasteiger partial charge on any atom is -0.452 e. The lowest BCUT2D eigenvalue weighted by molar-refractivity contribution is -0.119. The van der Waals surface area contributed by atoms with Crippen molar-refractivity contribution in [3.63, 3.8) is 0 Å². The molecule has 0 atom stereocenters. The molecule has 32 heavy (non-hydrogen) atoms. The largest absolute Gasteiger partial charge is 0.452 e. The molecule has 4 rings (SSSR count). The highest BCUT2D eigenvalue weighted by molar-refractivity contribution is 9.10. The molecule has 7 heteroatoms. The van der Waals surface area contributed by atoms with Gasteiger partial charge in [-0.1, -0.05) is 59.6 Å². The van der Waals surface area contributed by atoms with Crippen molar-refractivity contribution in [3.8, 4) is 11.3 Å². The summed E-state index contributed by atoms with van der Waals surface area (Å²) >= 11 is 9.34. The SMILES string of the molecule is Cc1ccc(-c2cc(C(=O)OCC(=O)Nc3ccc(Br)c(Cl)c3)c3ccccc3n2)cc1. The van der Waals surface area contributed by atoms with E-state index in [2.05, 4.69) is 26.2 Å². The van der Waals surface area contributed by atoms with Crippen LogP contribution in [-0.2, 0) is 9.53 Å². The molecule has 0 bridgehead atoms. The number of para-hydroxylation sites is 1. The minimum atomic E-state index is -0.596. The van der Waals surface area contributed by atoms with Gasteiger partial charge in [-0.05, 0) is 53.2 Å². The van der Waals surface area contributed by atoms with E-state index in [-0.39, 0.29) is 0 Å². The Morgan fingerprint density at radius 2 is 1.78 bits per heavy atom. The van der Waals surface area contributed by atoms with Crippen molar-refractivity contribution >= 4 is 56.0 Å². The van der Waals surface area contributed by atoms with Gasteiger partial charge < -0.3 is 10.1 Å². The second-order valence-corrected chi connectivity index (χ2v) is 8.45. The fraction of sp³-hybridized carbons (Fsp3) is 0.0800. The first-order valence-corrected chi connectivity index (χ1v) is 11.0.